The number of rotatable bonds is 5. The number of carbonyl (C=O) groups excluding carboxylic acids is 2. The van der Waals surface area contributed by atoms with Crippen molar-refractivity contribution in [1.29, 1.82) is 0 Å². The average molecular weight is 236 g/mol. The lowest BCUT2D eigenvalue weighted by Crippen LogP contribution is -2.37. The van der Waals surface area contributed by atoms with Crippen molar-refractivity contribution in [1.82, 2.24) is 10.2 Å². The second-order valence-electron chi connectivity index (χ2n) is 3.37. The van der Waals surface area contributed by atoms with Crippen LogP contribution in [0.4, 0.5) is 8.78 Å². The van der Waals surface area contributed by atoms with Gasteiger partial charge in [-0.15, -0.1) is 0 Å². The third-order valence-electron chi connectivity index (χ3n) is 2.15. The quantitative estimate of drug-likeness (QED) is 0.662. The fourth-order valence-corrected chi connectivity index (χ4v) is 1.32. The molecule has 1 N–H and O–H groups in total. The predicted molar refractivity (Wildman–Crippen MR) is 51.0 cm³/mol. The van der Waals surface area contributed by atoms with Crippen molar-refractivity contribution in [2.75, 3.05) is 32.8 Å². The molecule has 0 spiro atoms. The number of nitrogens with one attached hydrogen (secondary N) is 1. The van der Waals surface area contributed by atoms with Gasteiger partial charge in [-0.25, -0.2) is 8.78 Å². The van der Waals surface area contributed by atoms with E-state index in [0.717, 1.165) is 0 Å². The average Bonchev–Trinajstić information content (AvgIpc) is 2.38. The molecule has 0 saturated carbocycles. The van der Waals surface area contributed by atoms with Gasteiger partial charge in [0.05, 0.1) is 13.2 Å². The second-order valence-corrected chi connectivity index (χ2v) is 3.37. The van der Waals surface area contributed by atoms with Gasteiger partial charge in [-0.05, 0) is 0 Å². The van der Waals surface area contributed by atoms with Crippen LogP contribution in [-0.4, -0.2) is 56.0 Å². The molecule has 92 valence electrons. The molecule has 5 nitrogen and oxygen atoms in total. The Bertz CT molecular complexity index is 261. The van der Waals surface area contributed by atoms with Gasteiger partial charge >= 0.3 is 0 Å². The maximum Gasteiger partial charge on any atom is 0.261 e. The Morgan fingerprint density at radius 1 is 1.44 bits per heavy atom. The first-order valence-corrected chi connectivity index (χ1v) is 5.00. The standard InChI is InChI=1S/C9H14F2N2O3/c10-7(11)6-16-4-3-13-2-1-8(14)12-5-9(13)15/h7H,1-6H2,(H,12,14). The summed E-state index contributed by atoms with van der Waals surface area (Å²) < 4.78 is 28.1. The molecule has 0 aliphatic carbocycles. The molecule has 1 heterocycles. The van der Waals surface area contributed by atoms with E-state index in [-0.39, 0.29) is 37.9 Å². The van der Waals surface area contributed by atoms with E-state index < -0.39 is 13.0 Å². The van der Waals surface area contributed by atoms with Crippen LogP contribution < -0.4 is 5.32 Å². The van der Waals surface area contributed by atoms with Crippen molar-refractivity contribution >= 4 is 11.8 Å². The molecule has 0 unspecified atom stereocenters. The Morgan fingerprint density at radius 2 is 2.19 bits per heavy atom. The zero-order chi connectivity index (χ0) is 12.0. The Balaban J connectivity index is 2.24. The fraction of sp³-hybridized carbons (Fsp3) is 0.778. The molecule has 1 rings (SSSR count). The molecule has 1 fully saturated rings. The third kappa shape index (κ3) is 4.52. The molecule has 1 aliphatic rings. The summed E-state index contributed by atoms with van der Waals surface area (Å²) in [6.07, 6.45) is -2.26. The molecule has 0 aromatic rings. The van der Waals surface area contributed by atoms with Gasteiger partial charge in [0.2, 0.25) is 11.8 Å². The molecule has 0 aromatic heterocycles. The van der Waals surface area contributed by atoms with Crippen molar-refractivity contribution in [2.24, 2.45) is 0 Å². The smallest absolute Gasteiger partial charge is 0.261 e. The molecule has 0 radical (unpaired) electrons. The molecule has 7 heteroatoms. The number of halogens is 2. The Kier molecular flexibility index (Phi) is 5.10. The summed E-state index contributed by atoms with van der Waals surface area (Å²) in [4.78, 5) is 23.8. The van der Waals surface area contributed by atoms with Gasteiger partial charge in [0, 0.05) is 19.5 Å². The SMILES string of the molecule is O=C1CCN(CCOCC(F)F)C(=O)CN1. The normalized spacial score (nSPS) is 17.6. The largest absolute Gasteiger partial charge is 0.374 e. The van der Waals surface area contributed by atoms with E-state index in [1.807, 2.05) is 0 Å². The minimum absolute atomic E-state index is 0.0340. The summed E-state index contributed by atoms with van der Waals surface area (Å²) in [5, 5.41) is 2.44. The summed E-state index contributed by atoms with van der Waals surface area (Å²) in [5.41, 5.74) is 0. The number of hydrogen-bond acceptors (Lipinski definition) is 3. The molecule has 16 heavy (non-hydrogen) atoms. The van der Waals surface area contributed by atoms with Crippen LogP contribution in [0.25, 0.3) is 0 Å². The van der Waals surface area contributed by atoms with Crippen LogP contribution in [0.1, 0.15) is 6.42 Å². The van der Waals surface area contributed by atoms with Gasteiger partial charge in [0.15, 0.2) is 0 Å². The lowest BCUT2D eigenvalue weighted by Gasteiger charge is -2.19. The van der Waals surface area contributed by atoms with Crippen LogP contribution in [0, 0.1) is 0 Å². The lowest BCUT2D eigenvalue weighted by atomic mass is 10.4. The summed E-state index contributed by atoms with van der Waals surface area (Å²) >= 11 is 0. The van der Waals surface area contributed by atoms with Gasteiger partial charge in [-0.3, -0.25) is 9.59 Å². The van der Waals surface area contributed by atoms with Crippen molar-refractivity contribution in [3.8, 4) is 0 Å². The van der Waals surface area contributed by atoms with Gasteiger partial charge in [-0.1, -0.05) is 0 Å². The van der Waals surface area contributed by atoms with Crippen molar-refractivity contribution in [2.45, 2.75) is 12.8 Å². The van der Waals surface area contributed by atoms with E-state index in [9.17, 15) is 18.4 Å². The number of alkyl halides is 2. The summed E-state index contributed by atoms with van der Waals surface area (Å²) in [6.45, 7) is -0.0552. The molecule has 0 aromatic carbocycles. The lowest BCUT2D eigenvalue weighted by molar-refractivity contribution is -0.130. The molecular weight excluding hydrogens is 222 g/mol. The first kappa shape index (κ1) is 12.8. The Hall–Kier alpha value is -1.24. The van der Waals surface area contributed by atoms with E-state index in [2.05, 4.69) is 10.1 Å². The summed E-state index contributed by atoms with van der Waals surface area (Å²) in [6, 6.07) is 0. The number of carbonyl (C=O) groups is 2. The summed E-state index contributed by atoms with van der Waals surface area (Å²) in [5.74, 6) is -0.393. The first-order chi connectivity index (χ1) is 7.59. The maximum absolute atomic E-state index is 11.7. The molecule has 0 bridgehead atoms. The van der Waals surface area contributed by atoms with Gasteiger partial charge in [-0.2, -0.15) is 0 Å². The second kappa shape index (κ2) is 6.37. The summed E-state index contributed by atoms with van der Waals surface area (Å²) in [7, 11) is 0. The van der Waals surface area contributed by atoms with Crippen LogP contribution in [0.2, 0.25) is 0 Å². The molecule has 0 atom stereocenters. The van der Waals surface area contributed by atoms with Crippen LogP contribution >= 0.6 is 0 Å². The van der Waals surface area contributed by atoms with Gasteiger partial charge in [0.1, 0.15) is 6.61 Å². The topological polar surface area (TPSA) is 58.6 Å². The van der Waals surface area contributed by atoms with E-state index in [4.69, 9.17) is 0 Å². The zero-order valence-corrected chi connectivity index (χ0v) is 8.75. The minimum Gasteiger partial charge on any atom is -0.374 e. The number of ether oxygens (including phenoxy) is 1. The molecule has 2 amide bonds. The number of nitrogens with zero attached hydrogens (tertiary/aromatic N) is 1. The predicted octanol–water partition coefficient (Wildman–Crippen LogP) is -0.383. The van der Waals surface area contributed by atoms with Gasteiger partial charge in [0.25, 0.3) is 6.43 Å². The van der Waals surface area contributed by atoms with Crippen LogP contribution in [0.15, 0.2) is 0 Å². The van der Waals surface area contributed by atoms with Gasteiger partial charge < -0.3 is 15.0 Å². The van der Waals surface area contributed by atoms with E-state index in [1.54, 1.807) is 0 Å². The zero-order valence-electron chi connectivity index (χ0n) is 8.75. The number of amides is 2. The van der Waals surface area contributed by atoms with Crippen molar-refractivity contribution in [3.63, 3.8) is 0 Å². The Morgan fingerprint density at radius 3 is 2.88 bits per heavy atom. The molecule has 1 saturated heterocycles. The highest BCUT2D eigenvalue weighted by Gasteiger charge is 2.19. The monoisotopic (exact) mass is 236 g/mol. The molecular formula is C9H14F2N2O3. The fourth-order valence-electron chi connectivity index (χ4n) is 1.32. The number of hydrogen-bond donors (Lipinski definition) is 1. The van der Waals surface area contributed by atoms with E-state index >= 15 is 0 Å². The highest BCUT2D eigenvalue weighted by Crippen LogP contribution is 1.99. The minimum atomic E-state index is -2.50. The Labute approximate surface area is 91.7 Å². The van der Waals surface area contributed by atoms with Crippen molar-refractivity contribution < 1.29 is 23.1 Å². The van der Waals surface area contributed by atoms with Crippen LogP contribution in [-0.2, 0) is 14.3 Å². The first-order valence-electron chi connectivity index (χ1n) is 5.00. The maximum atomic E-state index is 11.7. The van der Waals surface area contributed by atoms with Crippen molar-refractivity contribution in [3.05, 3.63) is 0 Å². The highest BCUT2D eigenvalue weighted by molar-refractivity contribution is 5.87. The van der Waals surface area contributed by atoms with Crippen LogP contribution in [0.3, 0.4) is 0 Å². The highest BCUT2D eigenvalue weighted by atomic mass is 19.3. The molecule has 1 aliphatic heterocycles. The van der Waals surface area contributed by atoms with Crippen LogP contribution in [0.5, 0.6) is 0 Å². The van der Waals surface area contributed by atoms with E-state index in [1.165, 1.54) is 4.90 Å². The third-order valence-corrected chi connectivity index (χ3v) is 2.15. The van der Waals surface area contributed by atoms with E-state index in [0.29, 0.717) is 6.54 Å².